The largest absolute Gasteiger partial charge is 0.475 e. The van der Waals surface area contributed by atoms with Crippen LogP contribution in [0.3, 0.4) is 0 Å². The third kappa shape index (κ3) is 1.91. The number of hydrogen-bond donors (Lipinski definition) is 1. The van der Waals surface area contributed by atoms with Gasteiger partial charge in [-0.1, -0.05) is 17.7 Å². The van der Waals surface area contributed by atoms with Gasteiger partial charge >= 0.3 is 11.7 Å². The average molecular weight is 268 g/mol. The molecule has 1 aromatic heterocycles. The van der Waals surface area contributed by atoms with Crippen LogP contribution in [0.15, 0.2) is 23.0 Å². The molecule has 0 amide bonds. The Hall–Kier alpha value is -2.08. The first kappa shape index (κ1) is 12.4. The summed E-state index contributed by atoms with van der Waals surface area (Å²) in [4.78, 5) is 22.7. The van der Waals surface area contributed by atoms with Crippen LogP contribution in [0, 0.1) is 6.92 Å². The lowest BCUT2D eigenvalue weighted by molar-refractivity contribution is 0.0678. The van der Waals surface area contributed by atoms with E-state index in [0.717, 1.165) is 14.8 Å². The molecule has 0 aliphatic heterocycles. The Balaban J connectivity index is 2.65. The Morgan fingerprint density at radius 2 is 2.11 bits per heavy atom. The first-order chi connectivity index (χ1) is 8.41. The van der Waals surface area contributed by atoms with E-state index in [0.29, 0.717) is 10.7 Å². The Labute approximate surface area is 107 Å². The zero-order chi connectivity index (χ0) is 13.4. The summed E-state index contributed by atoms with van der Waals surface area (Å²) in [5.74, 6) is -1.58. The van der Waals surface area contributed by atoms with Gasteiger partial charge < -0.3 is 5.11 Å². The van der Waals surface area contributed by atoms with Gasteiger partial charge in [0, 0.05) is 12.1 Å². The van der Waals surface area contributed by atoms with Crippen LogP contribution in [0.1, 0.15) is 16.2 Å². The molecule has 2 aromatic rings. The number of aryl methyl sites for hydroxylation is 1. The summed E-state index contributed by atoms with van der Waals surface area (Å²) < 4.78 is 1.98. The van der Waals surface area contributed by atoms with Crippen molar-refractivity contribution < 1.29 is 9.90 Å². The van der Waals surface area contributed by atoms with Crippen molar-refractivity contribution in [2.24, 2.45) is 7.05 Å². The van der Waals surface area contributed by atoms with Crippen molar-refractivity contribution in [2.45, 2.75) is 6.92 Å². The first-order valence-electron chi connectivity index (χ1n) is 5.07. The molecule has 18 heavy (non-hydrogen) atoms. The Bertz CT molecular complexity index is 687. The minimum atomic E-state index is -1.26. The van der Waals surface area contributed by atoms with Crippen molar-refractivity contribution >= 4 is 17.6 Å². The number of carboxylic acids is 1. The summed E-state index contributed by atoms with van der Waals surface area (Å²) in [6, 6.07) is 4.96. The van der Waals surface area contributed by atoms with Crippen molar-refractivity contribution in [3.63, 3.8) is 0 Å². The number of halogens is 1. The summed E-state index contributed by atoms with van der Waals surface area (Å²) in [6.45, 7) is 1.83. The summed E-state index contributed by atoms with van der Waals surface area (Å²) in [5, 5.41) is 13.1. The molecule has 0 aliphatic rings. The molecule has 1 heterocycles. The van der Waals surface area contributed by atoms with E-state index in [9.17, 15) is 9.59 Å². The number of nitrogens with zero attached hydrogens (tertiary/aromatic N) is 3. The molecule has 0 unspecified atom stereocenters. The van der Waals surface area contributed by atoms with Crippen LogP contribution in [0.4, 0.5) is 0 Å². The highest BCUT2D eigenvalue weighted by Crippen LogP contribution is 2.18. The maximum atomic E-state index is 11.8. The molecule has 0 fully saturated rings. The molecule has 0 saturated carbocycles. The van der Waals surface area contributed by atoms with E-state index < -0.39 is 11.7 Å². The van der Waals surface area contributed by atoms with Gasteiger partial charge in [0.1, 0.15) is 0 Å². The molecule has 0 aliphatic carbocycles. The SMILES string of the molecule is Cc1ccc(-n2nc(C(=O)O)n(C)c2=O)cc1Cl. The monoisotopic (exact) mass is 267 g/mol. The smallest absolute Gasteiger partial charge is 0.374 e. The Morgan fingerprint density at radius 1 is 1.44 bits per heavy atom. The fourth-order valence-corrected chi connectivity index (χ4v) is 1.68. The fraction of sp³-hybridized carbons (Fsp3) is 0.182. The van der Waals surface area contributed by atoms with Crippen LogP contribution in [0.2, 0.25) is 5.02 Å². The van der Waals surface area contributed by atoms with Crippen LogP contribution in [0.5, 0.6) is 0 Å². The second-order valence-electron chi connectivity index (χ2n) is 3.82. The van der Waals surface area contributed by atoms with E-state index in [1.807, 2.05) is 6.92 Å². The van der Waals surface area contributed by atoms with E-state index in [1.165, 1.54) is 7.05 Å². The lowest BCUT2D eigenvalue weighted by Gasteiger charge is -2.02. The maximum absolute atomic E-state index is 11.8. The predicted octanol–water partition coefficient (Wildman–Crippen LogP) is 1.23. The van der Waals surface area contributed by atoms with Gasteiger partial charge in [-0.05, 0) is 24.6 Å². The van der Waals surface area contributed by atoms with E-state index in [4.69, 9.17) is 16.7 Å². The molecular weight excluding hydrogens is 258 g/mol. The Morgan fingerprint density at radius 3 is 2.61 bits per heavy atom. The summed E-state index contributed by atoms with van der Waals surface area (Å²) in [6.07, 6.45) is 0. The molecule has 2 rings (SSSR count). The van der Waals surface area contributed by atoms with Gasteiger partial charge in [-0.25, -0.2) is 9.59 Å². The molecule has 0 radical (unpaired) electrons. The number of benzene rings is 1. The van der Waals surface area contributed by atoms with Crippen LogP contribution < -0.4 is 5.69 Å². The van der Waals surface area contributed by atoms with Gasteiger partial charge in [-0.2, -0.15) is 4.68 Å². The lowest BCUT2D eigenvalue weighted by Crippen LogP contribution is -2.22. The molecule has 6 nitrogen and oxygen atoms in total. The third-order valence-corrected chi connectivity index (χ3v) is 2.98. The van der Waals surface area contributed by atoms with E-state index in [-0.39, 0.29) is 5.82 Å². The molecule has 94 valence electrons. The van der Waals surface area contributed by atoms with Gasteiger partial charge in [0.05, 0.1) is 5.69 Å². The van der Waals surface area contributed by atoms with Gasteiger partial charge in [-0.3, -0.25) is 4.57 Å². The summed E-state index contributed by atoms with van der Waals surface area (Å²) in [7, 11) is 1.35. The number of carbonyl (C=O) groups is 1. The second-order valence-corrected chi connectivity index (χ2v) is 4.22. The molecule has 1 N–H and O–H groups in total. The van der Waals surface area contributed by atoms with E-state index in [2.05, 4.69) is 5.10 Å². The van der Waals surface area contributed by atoms with Crippen molar-refractivity contribution in [2.75, 3.05) is 0 Å². The summed E-state index contributed by atoms with van der Waals surface area (Å²) >= 11 is 5.96. The number of hydrogen-bond acceptors (Lipinski definition) is 3. The highest BCUT2D eigenvalue weighted by Gasteiger charge is 2.17. The van der Waals surface area contributed by atoms with Gasteiger partial charge in [0.25, 0.3) is 0 Å². The molecular formula is C11H10ClN3O3. The number of aromatic carboxylic acids is 1. The number of aromatic nitrogens is 3. The van der Waals surface area contributed by atoms with Gasteiger partial charge in [0.2, 0.25) is 5.82 Å². The normalized spacial score (nSPS) is 10.6. The average Bonchev–Trinajstić information content (AvgIpc) is 2.60. The van der Waals surface area contributed by atoms with E-state index in [1.54, 1.807) is 18.2 Å². The minimum absolute atomic E-state index is 0.323. The first-order valence-corrected chi connectivity index (χ1v) is 5.45. The molecule has 1 aromatic carbocycles. The summed E-state index contributed by atoms with van der Waals surface area (Å²) in [5.41, 5.74) is 0.758. The van der Waals surface area contributed by atoms with Crippen molar-refractivity contribution in [1.29, 1.82) is 0 Å². The van der Waals surface area contributed by atoms with Crippen molar-refractivity contribution in [1.82, 2.24) is 14.3 Å². The zero-order valence-electron chi connectivity index (χ0n) is 9.72. The van der Waals surface area contributed by atoms with Gasteiger partial charge in [-0.15, -0.1) is 5.10 Å². The lowest BCUT2D eigenvalue weighted by atomic mass is 10.2. The highest BCUT2D eigenvalue weighted by atomic mass is 35.5. The molecule has 0 bridgehead atoms. The van der Waals surface area contributed by atoms with Crippen LogP contribution in [-0.2, 0) is 7.05 Å². The molecule has 0 atom stereocenters. The van der Waals surface area contributed by atoms with Crippen molar-refractivity contribution in [3.8, 4) is 5.69 Å². The quantitative estimate of drug-likeness (QED) is 0.888. The molecule has 0 spiro atoms. The third-order valence-electron chi connectivity index (χ3n) is 2.57. The second kappa shape index (κ2) is 4.30. The van der Waals surface area contributed by atoms with Crippen LogP contribution in [-0.4, -0.2) is 25.4 Å². The predicted molar refractivity (Wildman–Crippen MR) is 65.5 cm³/mol. The fourth-order valence-electron chi connectivity index (χ4n) is 1.51. The topological polar surface area (TPSA) is 77.1 Å². The molecule has 7 heteroatoms. The number of carboxylic acid groups (broad SMARTS) is 1. The van der Waals surface area contributed by atoms with Gasteiger partial charge in [0.15, 0.2) is 0 Å². The van der Waals surface area contributed by atoms with Crippen LogP contribution in [0.25, 0.3) is 5.69 Å². The minimum Gasteiger partial charge on any atom is -0.475 e. The zero-order valence-corrected chi connectivity index (χ0v) is 10.5. The maximum Gasteiger partial charge on any atom is 0.374 e. The standard InChI is InChI=1S/C11H10ClN3O3/c1-6-3-4-7(5-8(6)12)15-11(18)14(2)9(13-15)10(16)17/h3-5H,1-2H3,(H,16,17). The van der Waals surface area contributed by atoms with Crippen LogP contribution >= 0.6 is 11.6 Å². The van der Waals surface area contributed by atoms with E-state index >= 15 is 0 Å². The molecule has 0 saturated heterocycles. The number of rotatable bonds is 2. The highest BCUT2D eigenvalue weighted by molar-refractivity contribution is 6.31. The Kier molecular flexibility index (Phi) is 2.96. The van der Waals surface area contributed by atoms with Crippen molar-refractivity contribution in [3.05, 3.63) is 45.1 Å².